The van der Waals surface area contributed by atoms with Crippen LogP contribution in [0.15, 0.2) is 71.9 Å². The van der Waals surface area contributed by atoms with E-state index in [1.807, 2.05) is 38.1 Å². The smallest absolute Gasteiger partial charge is 0.336 e. The Bertz CT molecular complexity index is 1360. The fourth-order valence-corrected chi connectivity index (χ4v) is 4.88. The molecule has 184 valence electrons. The first-order valence-corrected chi connectivity index (χ1v) is 11.7. The number of carbonyl (C=O) groups excluding carboxylic acids is 2. The number of ether oxygens (including phenoxy) is 3. The van der Waals surface area contributed by atoms with Gasteiger partial charge in [-0.1, -0.05) is 24.3 Å². The van der Waals surface area contributed by atoms with Crippen molar-refractivity contribution in [1.29, 1.82) is 0 Å². The predicted molar refractivity (Wildman–Crippen MR) is 132 cm³/mol. The second-order valence-corrected chi connectivity index (χ2v) is 9.09. The van der Waals surface area contributed by atoms with Crippen LogP contribution in [0.2, 0.25) is 0 Å². The summed E-state index contributed by atoms with van der Waals surface area (Å²) < 4.78 is 30.0. The molecule has 7 heteroatoms. The highest BCUT2D eigenvalue weighted by molar-refractivity contribution is 6.06. The van der Waals surface area contributed by atoms with Gasteiger partial charge in [0.1, 0.15) is 19.0 Å². The summed E-state index contributed by atoms with van der Waals surface area (Å²) in [6.07, 6.45) is 0.125. The molecule has 0 bridgehead atoms. The number of cyclic esters (lactones) is 1. The van der Waals surface area contributed by atoms with E-state index >= 15 is 0 Å². The number of esters is 1. The zero-order chi connectivity index (χ0) is 25.4. The van der Waals surface area contributed by atoms with E-state index in [9.17, 15) is 14.0 Å². The number of rotatable bonds is 6. The summed E-state index contributed by atoms with van der Waals surface area (Å²) in [5.74, 6) is -0.284. The summed E-state index contributed by atoms with van der Waals surface area (Å²) in [7, 11) is 1.53. The van der Waals surface area contributed by atoms with Crippen molar-refractivity contribution in [2.24, 2.45) is 0 Å². The maximum Gasteiger partial charge on any atom is 0.336 e. The third-order valence-corrected chi connectivity index (χ3v) is 6.48. The Kier molecular flexibility index (Phi) is 6.22. The van der Waals surface area contributed by atoms with Gasteiger partial charge in [0.15, 0.2) is 11.5 Å². The van der Waals surface area contributed by atoms with Crippen LogP contribution in [0.25, 0.3) is 0 Å². The molecule has 0 N–H and O–H groups in total. The molecule has 0 radical (unpaired) electrons. The number of hydrogen-bond donors (Lipinski definition) is 0. The van der Waals surface area contributed by atoms with Crippen molar-refractivity contribution in [3.63, 3.8) is 0 Å². The van der Waals surface area contributed by atoms with Gasteiger partial charge in [0.25, 0.3) is 0 Å². The van der Waals surface area contributed by atoms with Gasteiger partial charge in [-0.2, -0.15) is 0 Å². The van der Waals surface area contributed by atoms with Crippen LogP contribution in [0.5, 0.6) is 11.5 Å². The quantitative estimate of drug-likeness (QED) is 0.438. The second kappa shape index (κ2) is 9.49. The van der Waals surface area contributed by atoms with Crippen molar-refractivity contribution < 1.29 is 28.2 Å². The largest absolute Gasteiger partial charge is 0.493 e. The maximum absolute atomic E-state index is 13.4. The van der Waals surface area contributed by atoms with E-state index in [0.29, 0.717) is 22.8 Å². The van der Waals surface area contributed by atoms with Crippen molar-refractivity contribution in [1.82, 2.24) is 0 Å². The summed E-state index contributed by atoms with van der Waals surface area (Å²) >= 11 is 0. The molecular formula is C29H26FNO5. The van der Waals surface area contributed by atoms with Crippen LogP contribution in [0, 0.1) is 19.7 Å². The zero-order valence-corrected chi connectivity index (χ0v) is 20.3. The standard InChI is InChI=1S/C29H26FNO5/c1-17-10-18(2)12-22(11-17)31-24-16-36-29(33)28(24)23(14-27(31)32)20-6-9-25(26(13-20)34-3)35-15-19-4-7-21(30)8-5-19/h4-13,23H,14-16H2,1-3H3. The first-order chi connectivity index (χ1) is 17.3. The average molecular weight is 488 g/mol. The fourth-order valence-electron chi connectivity index (χ4n) is 4.88. The Morgan fingerprint density at radius 2 is 1.69 bits per heavy atom. The third kappa shape index (κ3) is 4.44. The highest BCUT2D eigenvalue weighted by Gasteiger charge is 2.43. The van der Waals surface area contributed by atoms with E-state index in [4.69, 9.17) is 14.2 Å². The van der Waals surface area contributed by atoms with Gasteiger partial charge in [0.05, 0.1) is 18.4 Å². The van der Waals surface area contributed by atoms with E-state index < -0.39 is 11.9 Å². The highest BCUT2D eigenvalue weighted by Crippen LogP contribution is 2.44. The van der Waals surface area contributed by atoms with Gasteiger partial charge < -0.3 is 14.2 Å². The second-order valence-electron chi connectivity index (χ2n) is 9.09. The zero-order valence-electron chi connectivity index (χ0n) is 20.3. The van der Waals surface area contributed by atoms with E-state index in [2.05, 4.69) is 0 Å². The molecule has 6 nitrogen and oxygen atoms in total. The molecule has 2 aliphatic rings. The Balaban J connectivity index is 1.46. The molecule has 2 heterocycles. The number of benzene rings is 3. The van der Waals surface area contributed by atoms with Gasteiger partial charge in [0, 0.05) is 18.0 Å². The first kappa shape index (κ1) is 23.6. The monoisotopic (exact) mass is 487 g/mol. The summed E-state index contributed by atoms with van der Waals surface area (Å²) in [6.45, 7) is 4.25. The lowest BCUT2D eigenvalue weighted by atomic mass is 9.84. The van der Waals surface area contributed by atoms with Crippen molar-refractivity contribution in [2.45, 2.75) is 32.8 Å². The molecule has 2 aliphatic heterocycles. The van der Waals surface area contributed by atoms with E-state index in [-0.39, 0.29) is 31.4 Å². The molecule has 0 aliphatic carbocycles. The summed E-state index contributed by atoms with van der Waals surface area (Å²) in [6, 6.07) is 17.4. The van der Waals surface area contributed by atoms with Crippen LogP contribution in [0.4, 0.5) is 10.1 Å². The van der Waals surface area contributed by atoms with Crippen molar-refractivity contribution in [3.8, 4) is 11.5 Å². The molecule has 0 saturated heterocycles. The SMILES string of the molecule is COc1cc(C2CC(=O)N(c3cc(C)cc(C)c3)C3=C2C(=O)OC3)ccc1OCc1ccc(F)cc1. The molecule has 5 rings (SSSR count). The number of aryl methyl sites for hydroxylation is 2. The summed E-state index contributed by atoms with van der Waals surface area (Å²) in [5, 5.41) is 0. The van der Waals surface area contributed by atoms with E-state index in [1.165, 1.54) is 19.2 Å². The molecule has 1 unspecified atom stereocenters. The maximum atomic E-state index is 13.4. The lowest BCUT2D eigenvalue weighted by Gasteiger charge is -2.32. The van der Waals surface area contributed by atoms with Crippen molar-refractivity contribution >= 4 is 17.6 Å². The van der Waals surface area contributed by atoms with Gasteiger partial charge in [-0.05, 0) is 72.5 Å². The number of amides is 1. The Morgan fingerprint density at radius 3 is 2.39 bits per heavy atom. The normalized spacial score (nSPS) is 17.2. The van der Waals surface area contributed by atoms with Crippen LogP contribution in [-0.4, -0.2) is 25.6 Å². The number of anilines is 1. The minimum absolute atomic E-state index is 0.0550. The molecule has 36 heavy (non-hydrogen) atoms. The average Bonchev–Trinajstić information content (AvgIpc) is 3.23. The predicted octanol–water partition coefficient (Wildman–Crippen LogP) is 5.36. The van der Waals surface area contributed by atoms with Crippen LogP contribution >= 0.6 is 0 Å². The van der Waals surface area contributed by atoms with Gasteiger partial charge in [0.2, 0.25) is 5.91 Å². The van der Waals surface area contributed by atoms with Crippen LogP contribution in [-0.2, 0) is 20.9 Å². The fraction of sp³-hybridized carbons (Fsp3) is 0.241. The van der Waals surface area contributed by atoms with Gasteiger partial charge >= 0.3 is 5.97 Å². The van der Waals surface area contributed by atoms with E-state index in [1.54, 1.807) is 29.2 Å². The Morgan fingerprint density at radius 1 is 0.972 bits per heavy atom. The summed E-state index contributed by atoms with van der Waals surface area (Å²) in [4.78, 5) is 27.8. The number of methoxy groups -OCH3 is 1. The van der Waals surface area contributed by atoms with Crippen LogP contribution in [0.3, 0.4) is 0 Å². The summed E-state index contributed by atoms with van der Waals surface area (Å²) in [5.41, 5.74) is 5.47. The minimum atomic E-state index is -0.454. The van der Waals surface area contributed by atoms with Crippen molar-refractivity contribution in [2.75, 3.05) is 18.6 Å². The molecule has 1 amide bonds. The molecule has 0 spiro atoms. The van der Waals surface area contributed by atoms with Crippen LogP contribution < -0.4 is 14.4 Å². The molecule has 3 aromatic rings. The number of hydrogen-bond acceptors (Lipinski definition) is 5. The van der Waals surface area contributed by atoms with Crippen LogP contribution in [0.1, 0.15) is 34.6 Å². The lowest BCUT2D eigenvalue weighted by molar-refractivity contribution is -0.136. The molecule has 1 atom stereocenters. The molecule has 3 aromatic carbocycles. The van der Waals surface area contributed by atoms with Crippen molar-refractivity contribution in [3.05, 3.63) is 100 Å². The Labute approximate surface area is 208 Å². The lowest BCUT2D eigenvalue weighted by Crippen LogP contribution is -2.37. The molecule has 0 saturated carbocycles. The number of nitrogens with zero attached hydrogens (tertiary/aromatic N) is 1. The van der Waals surface area contributed by atoms with Gasteiger partial charge in [-0.25, -0.2) is 9.18 Å². The van der Waals surface area contributed by atoms with Gasteiger partial charge in [-0.3, -0.25) is 9.69 Å². The minimum Gasteiger partial charge on any atom is -0.493 e. The number of halogens is 1. The molecular weight excluding hydrogens is 461 g/mol. The third-order valence-electron chi connectivity index (χ3n) is 6.48. The molecule has 0 aromatic heterocycles. The Hall–Kier alpha value is -4.13. The number of carbonyl (C=O) groups is 2. The van der Waals surface area contributed by atoms with E-state index in [0.717, 1.165) is 27.9 Å². The molecule has 0 fully saturated rings. The highest BCUT2D eigenvalue weighted by atomic mass is 19.1. The van der Waals surface area contributed by atoms with Gasteiger partial charge in [-0.15, -0.1) is 0 Å². The first-order valence-electron chi connectivity index (χ1n) is 11.7. The topological polar surface area (TPSA) is 65.1 Å².